The minimum absolute atomic E-state index is 0.0199. The molecule has 1 aliphatic heterocycles. The average Bonchev–Trinajstić information content (AvgIpc) is 2.64. The molecule has 0 unspecified atom stereocenters. The molecule has 1 fully saturated rings. The van der Waals surface area contributed by atoms with Crippen LogP contribution in [0.5, 0.6) is 0 Å². The first-order chi connectivity index (χ1) is 12.1. The molecule has 25 heavy (non-hydrogen) atoms. The van der Waals surface area contributed by atoms with Gasteiger partial charge in [-0.15, -0.1) is 0 Å². The molecule has 4 nitrogen and oxygen atoms in total. The minimum Gasteiger partial charge on any atom is -0.356 e. The maximum Gasteiger partial charge on any atom is 0.253 e. The van der Waals surface area contributed by atoms with E-state index in [1.54, 1.807) is 24.3 Å². The van der Waals surface area contributed by atoms with E-state index in [1.165, 1.54) is 25.7 Å². The van der Waals surface area contributed by atoms with Crippen molar-refractivity contribution < 1.29 is 9.59 Å². The highest BCUT2D eigenvalue weighted by molar-refractivity contribution is 6.30. The Bertz CT molecular complexity index is 551. The summed E-state index contributed by atoms with van der Waals surface area (Å²) in [5.41, 5.74) is 0.652. The second kappa shape index (κ2) is 10.4. The van der Waals surface area contributed by atoms with Crippen LogP contribution in [-0.4, -0.2) is 36.3 Å². The van der Waals surface area contributed by atoms with Gasteiger partial charge < -0.3 is 10.2 Å². The molecule has 2 rings (SSSR count). The molecule has 2 amide bonds. The SMILES string of the molecule is CCCCCCCNC(=O)C1CCN(C(=O)c2ccc(Cl)cc2)CC1. The lowest BCUT2D eigenvalue weighted by atomic mass is 9.95. The predicted molar refractivity (Wildman–Crippen MR) is 102 cm³/mol. The Morgan fingerprint density at radius 3 is 2.36 bits per heavy atom. The molecular formula is C20H29ClN2O2. The fourth-order valence-corrected chi connectivity index (χ4v) is 3.33. The quantitative estimate of drug-likeness (QED) is 0.700. The summed E-state index contributed by atoms with van der Waals surface area (Å²) < 4.78 is 0. The molecule has 0 aliphatic carbocycles. The van der Waals surface area contributed by atoms with Crippen LogP contribution in [0.4, 0.5) is 0 Å². The summed E-state index contributed by atoms with van der Waals surface area (Å²) in [6, 6.07) is 6.97. The van der Waals surface area contributed by atoms with Gasteiger partial charge in [-0.05, 0) is 43.5 Å². The van der Waals surface area contributed by atoms with Crippen LogP contribution in [0.25, 0.3) is 0 Å². The number of halogens is 1. The normalized spacial score (nSPS) is 15.2. The van der Waals surface area contributed by atoms with Gasteiger partial charge in [0.15, 0.2) is 0 Å². The van der Waals surface area contributed by atoms with Crippen molar-refractivity contribution >= 4 is 23.4 Å². The van der Waals surface area contributed by atoms with Crippen molar-refractivity contribution in [1.29, 1.82) is 0 Å². The summed E-state index contributed by atoms with van der Waals surface area (Å²) in [5, 5.41) is 3.68. The third kappa shape index (κ3) is 6.35. The summed E-state index contributed by atoms with van der Waals surface area (Å²) >= 11 is 5.86. The highest BCUT2D eigenvalue weighted by Gasteiger charge is 2.27. The zero-order chi connectivity index (χ0) is 18.1. The molecule has 0 saturated carbocycles. The Labute approximate surface area is 155 Å². The molecule has 1 N–H and O–H groups in total. The van der Waals surface area contributed by atoms with Gasteiger partial charge >= 0.3 is 0 Å². The second-order valence-corrected chi connectivity index (χ2v) is 7.22. The summed E-state index contributed by atoms with van der Waals surface area (Å²) in [7, 11) is 0. The number of carbonyl (C=O) groups excluding carboxylic acids is 2. The van der Waals surface area contributed by atoms with Gasteiger partial charge in [0.05, 0.1) is 0 Å². The Morgan fingerprint density at radius 2 is 1.72 bits per heavy atom. The molecule has 1 saturated heterocycles. The van der Waals surface area contributed by atoms with Crippen LogP contribution < -0.4 is 5.32 Å². The van der Waals surface area contributed by atoms with Crippen molar-refractivity contribution in [3.8, 4) is 0 Å². The summed E-state index contributed by atoms with van der Waals surface area (Å²) in [5.74, 6) is 0.199. The lowest BCUT2D eigenvalue weighted by molar-refractivity contribution is -0.126. The van der Waals surface area contributed by atoms with Gasteiger partial charge in [0.2, 0.25) is 5.91 Å². The Balaban J connectivity index is 1.69. The highest BCUT2D eigenvalue weighted by Crippen LogP contribution is 2.20. The number of rotatable bonds is 8. The zero-order valence-corrected chi connectivity index (χ0v) is 15.9. The van der Waals surface area contributed by atoms with E-state index in [4.69, 9.17) is 11.6 Å². The molecule has 1 heterocycles. The number of carbonyl (C=O) groups is 2. The van der Waals surface area contributed by atoms with Gasteiger partial charge in [0.25, 0.3) is 5.91 Å². The number of hydrogen-bond acceptors (Lipinski definition) is 2. The first-order valence-corrected chi connectivity index (χ1v) is 9.82. The van der Waals surface area contributed by atoms with Crippen molar-refractivity contribution in [2.75, 3.05) is 19.6 Å². The number of benzene rings is 1. The lowest BCUT2D eigenvalue weighted by Gasteiger charge is -2.31. The number of unbranched alkanes of at least 4 members (excludes halogenated alkanes) is 4. The molecule has 0 bridgehead atoms. The third-order valence-electron chi connectivity index (χ3n) is 4.82. The molecule has 0 aromatic heterocycles. The number of likely N-dealkylation sites (tertiary alicyclic amines) is 1. The molecule has 0 spiro atoms. The fourth-order valence-electron chi connectivity index (χ4n) is 3.20. The van der Waals surface area contributed by atoms with Crippen molar-refractivity contribution in [2.24, 2.45) is 5.92 Å². The average molecular weight is 365 g/mol. The minimum atomic E-state index is 0.0199. The molecule has 1 aliphatic rings. The second-order valence-electron chi connectivity index (χ2n) is 6.78. The molecule has 0 radical (unpaired) electrons. The van der Waals surface area contributed by atoms with Crippen LogP contribution in [-0.2, 0) is 4.79 Å². The lowest BCUT2D eigenvalue weighted by Crippen LogP contribution is -2.43. The van der Waals surface area contributed by atoms with Crippen molar-refractivity contribution in [3.05, 3.63) is 34.9 Å². The van der Waals surface area contributed by atoms with E-state index in [-0.39, 0.29) is 17.7 Å². The molecule has 138 valence electrons. The first-order valence-electron chi connectivity index (χ1n) is 9.44. The van der Waals surface area contributed by atoms with Crippen LogP contribution in [0, 0.1) is 5.92 Å². The van der Waals surface area contributed by atoms with Crippen LogP contribution in [0.1, 0.15) is 62.2 Å². The molecule has 1 aromatic carbocycles. The molecule has 5 heteroatoms. The smallest absolute Gasteiger partial charge is 0.253 e. The number of hydrogen-bond donors (Lipinski definition) is 1. The zero-order valence-electron chi connectivity index (χ0n) is 15.1. The summed E-state index contributed by atoms with van der Waals surface area (Å²) in [6.07, 6.45) is 7.47. The number of amides is 2. The Morgan fingerprint density at radius 1 is 1.08 bits per heavy atom. The third-order valence-corrected chi connectivity index (χ3v) is 5.08. The number of nitrogens with zero attached hydrogens (tertiary/aromatic N) is 1. The summed E-state index contributed by atoms with van der Waals surface area (Å²) in [6.45, 7) is 4.24. The molecular weight excluding hydrogens is 336 g/mol. The highest BCUT2D eigenvalue weighted by atomic mass is 35.5. The monoisotopic (exact) mass is 364 g/mol. The van der Waals surface area contributed by atoms with Gasteiger partial charge in [-0.25, -0.2) is 0 Å². The predicted octanol–water partition coefficient (Wildman–Crippen LogP) is 4.28. The van der Waals surface area contributed by atoms with Crippen molar-refractivity contribution in [3.63, 3.8) is 0 Å². The Kier molecular flexibility index (Phi) is 8.26. The van der Waals surface area contributed by atoms with Crippen LogP contribution >= 0.6 is 11.6 Å². The van der Waals surface area contributed by atoms with Gasteiger partial charge in [-0.1, -0.05) is 44.2 Å². The van der Waals surface area contributed by atoms with E-state index in [1.807, 2.05) is 4.90 Å². The van der Waals surface area contributed by atoms with Gasteiger partial charge in [-0.2, -0.15) is 0 Å². The molecule has 1 aromatic rings. The van der Waals surface area contributed by atoms with Gasteiger partial charge in [0.1, 0.15) is 0 Å². The van der Waals surface area contributed by atoms with E-state index < -0.39 is 0 Å². The first kappa shape index (κ1) is 19.8. The molecule has 0 atom stereocenters. The Hall–Kier alpha value is -1.55. The van der Waals surface area contributed by atoms with Gasteiger partial charge in [0, 0.05) is 36.1 Å². The van der Waals surface area contributed by atoms with Crippen LogP contribution in [0.2, 0.25) is 5.02 Å². The van der Waals surface area contributed by atoms with Crippen molar-refractivity contribution in [2.45, 2.75) is 51.9 Å². The standard InChI is InChI=1S/C20H29ClN2O2/c1-2-3-4-5-6-13-22-19(24)16-11-14-23(15-12-16)20(25)17-7-9-18(21)10-8-17/h7-10,16H,2-6,11-15H2,1H3,(H,22,24). The number of piperidine rings is 1. The maximum atomic E-state index is 12.5. The largest absolute Gasteiger partial charge is 0.356 e. The van der Waals surface area contributed by atoms with E-state index >= 15 is 0 Å². The maximum absolute atomic E-state index is 12.5. The van der Waals surface area contributed by atoms with E-state index in [9.17, 15) is 9.59 Å². The van der Waals surface area contributed by atoms with Gasteiger partial charge in [-0.3, -0.25) is 9.59 Å². The van der Waals surface area contributed by atoms with E-state index in [0.717, 1.165) is 25.8 Å². The van der Waals surface area contributed by atoms with E-state index in [2.05, 4.69) is 12.2 Å². The van der Waals surface area contributed by atoms with Crippen LogP contribution in [0.15, 0.2) is 24.3 Å². The van der Waals surface area contributed by atoms with Crippen LogP contribution in [0.3, 0.4) is 0 Å². The number of nitrogens with one attached hydrogen (secondary N) is 1. The van der Waals surface area contributed by atoms with E-state index in [0.29, 0.717) is 23.7 Å². The fraction of sp³-hybridized carbons (Fsp3) is 0.600. The topological polar surface area (TPSA) is 49.4 Å². The van der Waals surface area contributed by atoms with Crippen molar-refractivity contribution in [1.82, 2.24) is 10.2 Å². The summed E-state index contributed by atoms with van der Waals surface area (Å²) in [4.78, 5) is 26.5.